The molecule has 156 valence electrons. The molecule has 6 nitrogen and oxygen atoms in total. The molecule has 29 heavy (non-hydrogen) atoms. The molecule has 0 aliphatic carbocycles. The molecular formula is C22H26ClNO5. The van der Waals surface area contributed by atoms with E-state index in [0.29, 0.717) is 22.8 Å². The summed E-state index contributed by atoms with van der Waals surface area (Å²) in [7, 11) is 0. The zero-order valence-electron chi connectivity index (χ0n) is 16.5. The summed E-state index contributed by atoms with van der Waals surface area (Å²) in [6.45, 7) is 4.07. The molecule has 0 fully saturated rings. The Morgan fingerprint density at radius 2 is 1.79 bits per heavy atom. The molecular weight excluding hydrogens is 394 g/mol. The number of carboxylic acid groups (broad SMARTS) is 2. The van der Waals surface area contributed by atoms with E-state index in [2.05, 4.69) is 5.32 Å². The Balaban J connectivity index is 2.16. The van der Waals surface area contributed by atoms with E-state index in [0.717, 1.165) is 5.56 Å². The topological polar surface area (TPSA) is 95.9 Å². The van der Waals surface area contributed by atoms with Crippen LogP contribution in [0.4, 0.5) is 0 Å². The van der Waals surface area contributed by atoms with E-state index >= 15 is 0 Å². The average molecular weight is 420 g/mol. The maximum Gasteiger partial charge on any atom is 0.320 e. The zero-order valence-corrected chi connectivity index (χ0v) is 17.2. The number of hydrogen-bond donors (Lipinski definition) is 3. The molecule has 2 atom stereocenters. The van der Waals surface area contributed by atoms with Gasteiger partial charge in [-0.1, -0.05) is 55.8 Å². The minimum absolute atomic E-state index is 0.0173. The van der Waals surface area contributed by atoms with Crippen molar-refractivity contribution in [3.63, 3.8) is 0 Å². The molecule has 0 aliphatic heterocycles. The summed E-state index contributed by atoms with van der Waals surface area (Å²) in [6, 6.07) is 13.3. The quantitative estimate of drug-likeness (QED) is 0.505. The van der Waals surface area contributed by atoms with Crippen LogP contribution in [0.1, 0.15) is 37.3 Å². The number of halogens is 1. The van der Waals surface area contributed by atoms with Gasteiger partial charge in [0.05, 0.1) is 5.92 Å². The molecule has 0 spiro atoms. The molecule has 0 heterocycles. The molecule has 0 aromatic heterocycles. The first kappa shape index (κ1) is 22.7. The van der Waals surface area contributed by atoms with Gasteiger partial charge in [-0.15, -0.1) is 0 Å². The summed E-state index contributed by atoms with van der Waals surface area (Å²) in [4.78, 5) is 23.4. The highest BCUT2D eigenvalue weighted by Crippen LogP contribution is 2.28. The van der Waals surface area contributed by atoms with Gasteiger partial charge in [0.15, 0.2) is 0 Å². The molecule has 0 saturated heterocycles. The lowest BCUT2D eigenvalue weighted by Gasteiger charge is -2.21. The van der Waals surface area contributed by atoms with Crippen LogP contribution in [0.25, 0.3) is 0 Å². The second-order valence-corrected chi connectivity index (χ2v) is 7.71. The van der Waals surface area contributed by atoms with Crippen molar-refractivity contribution in [2.45, 2.75) is 38.8 Å². The monoisotopic (exact) mass is 419 g/mol. The van der Waals surface area contributed by atoms with Gasteiger partial charge in [-0.2, -0.15) is 0 Å². The average Bonchev–Trinajstić information content (AvgIpc) is 2.65. The molecule has 7 heteroatoms. The summed E-state index contributed by atoms with van der Waals surface area (Å²) in [6.07, 6.45) is 0.411. The number of benzene rings is 2. The van der Waals surface area contributed by atoms with Gasteiger partial charge in [0.25, 0.3) is 0 Å². The van der Waals surface area contributed by atoms with Gasteiger partial charge in [0, 0.05) is 17.1 Å². The van der Waals surface area contributed by atoms with Crippen molar-refractivity contribution < 1.29 is 24.5 Å². The molecule has 2 aromatic rings. The molecule has 2 rings (SSSR count). The van der Waals surface area contributed by atoms with E-state index in [4.69, 9.17) is 16.3 Å². The van der Waals surface area contributed by atoms with Crippen molar-refractivity contribution in [3.8, 4) is 5.75 Å². The highest BCUT2D eigenvalue weighted by Gasteiger charge is 2.26. The molecule has 2 unspecified atom stereocenters. The zero-order chi connectivity index (χ0) is 21.4. The van der Waals surface area contributed by atoms with Crippen molar-refractivity contribution in [2.24, 2.45) is 5.92 Å². The number of rotatable bonds is 11. The summed E-state index contributed by atoms with van der Waals surface area (Å²) >= 11 is 5.99. The van der Waals surface area contributed by atoms with E-state index in [1.165, 1.54) is 0 Å². The Morgan fingerprint density at radius 1 is 1.07 bits per heavy atom. The highest BCUT2D eigenvalue weighted by atomic mass is 35.5. The van der Waals surface area contributed by atoms with Gasteiger partial charge in [0.2, 0.25) is 0 Å². The van der Waals surface area contributed by atoms with Gasteiger partial charge in [-0.3, -0.25) is 9.59 Å². The van der Waals surface area contributed by atoms with Crippen LogP contribution in [-0.4, -0.2) is 34.7 Å². The number of carbonyl (C=O) groups is 2. The van der Waals surface area contributed by atoms with Crippen LogP contribution in [0.3, 0.4) is 0 Å². The molecule has 0 aliphatic rings. The van der Waals surface area contributed by atoms with Crippen LogP contribution in [0.2, 0.25) is 5.02 Å². The maximum atomic E-state index is 11.9. The number of hydrogen-bond acceptors (Lipinski definition) is 4. The fraction of sp³-hybridized carbons (Fsp3) is 0.364. The number of ether oxygens (including phenoxy) is 1. The third kappa shape index (κ3) is 7.07. The smallest absolute Gasteiger partial charge is 0.320 e. The van der Waals surface area contributed by atoms with Crippen molar-refractivity contribution in [3.05, 3.63) is 64.7 Å². The van der Waals surface area contributed by atoms with Crippen LogP contribution < -0.4 is 10.1 Å². The number of para-hydroxylation sites is 1. The molecule has 2 aromatic carbocycles. The highest BCUT2D eigenvalue weighted by molar-refractivity contribution is 6.30. The Labute approximate surface area is 175 Å². The first-order valence-corrected chi connectivity index (χ1v) is 9.81. The van der Waals surface area contributed by atoms with Gasteiger partial charge < -0.3 is 20.3 Å². The predicted octanol–water partition coefficient (Wildman–Crippen LogP) is 4.18. The minimum atomic E-state index is -1.05. The van der Waals surface area contributed by atoms with Crippen LogP contribution >= 0.6 is 11.6 Å². The van der Waals surface area contributed by atoms with Gasteiger partial charge in [-0.05, 0) is 36.1 Å². The van der Waals surface area contributed by atoms with Crippen LogP contribution in [0, 0.1) is 5.92 Å². The Hall–Kier alpha value is -2.57. The SMILES string of the molecule is CC(C)CC(NCC(C(=O)O)c1ccccc1OCc1cccc(Cl)c1)C(=O)O. The summed E-state index contributed by atoms with van der Waals surface area (Å²) in [5, 5.41) is 22.6. The second-order valence-electron chi connectivity index (χ2n) is 7.28. The minimum Gasteiger partial charge on any atom is -0.489 e. The molecule has 3 N–H and O–H groups in total. The van der Waals surface area contributed by atoms with Crippen LogP contribution in [-0.2, 0) is 16.2 Å². The lowest BCUT2D eigenvalue weighted by molar-refractivity contribution is -0.142. The first-order chi connectivity index (χ1) is 13.8. The van der Waals surface area contributed by atoms with E-state index < -0.39 is 23.9 Å². The van der Waals surface area contributed by atoms with E-state index in [-0.39, 0.29) is 19.1 Å². The Bertz CT molecular complexity index is 839. The third-order valence-corrected chi connectivity index (χ3v) is 4.68. The largest absolute Gasteiger partial charge is 0.489 e. The van der Waals surface area contributed by atoms with Crippen LogP contribution in [0.5, 0.6) is 5.75 Å². The molecule has 0 radical (unpaired) electrons. The van der Waals surface area contributed by atoms with Crippen molar-refractivity contribution >= 4 is 23.5 Å². The summed E-state index contributed by atoms with van der Waals surface area (Å²) in [5.41, 5.74) is 1.35. The first-order valence-electron chi connectivity index (χ1n) is 9.43. The Morgan fingerprint density at radius 3 is 2.41 bits per heavy atom. The summed E-state index contributed by atoms with van der Waals surface area (Å²) < 4.78 is 5.86. The second kappa shape index (κ2) is 10.8. The van der Waals surface area contributed by atoms with E-state index in [1.807, 2.05) is 26.0 Å². The number of aliphatic carboxylic acids is 2. The summed E-state index contributed by atoms with van der Waals surface area (Å²) in [5.74, 6) is -2.38. The van der Waals surface area contributed by atoms with E-state index in [1.54, 1.807) is 36.4 Å². The van der Waals surface area contributed by atoms with Crippen molar-refractivity contribution in [1.82, 2.24) is 5.32 Å². The van der Waals surface area contributed by atoms with Crippen LogP contribution in [0.15, 0.2) is 48.5 Å². The normalized spacial score (nSPS) is 13.1. The molecule has 0 bridgehead atoms. The van der Waals surface area contributed by atoms with Crippen molar-refractivity contribution in [1.29, 1.82) is 0 Å². The van der Waals surface area contributed by atoms with Crippen molar-refractivity contribution in [2.75, 3.05) is 6.54 Å². The fourth-order valence-corrected chi connectivity index (χ4v) is 3.23. The number of nitrogens with one attached hydrogen (secondary N) is 1. The predicted molar refractivity (Wildman–Crippen MR) is 111 cm³/mol. The van der Waals surface area contributed by atoms with Gasteiger partial charge in [-0.25, -0.2) is 0 Å². The Kier molecular flexibility index (Phi) is 8.49. The van der Waals surface area contributed by atoms with E-state index in [9.17, 15) is 19.8 Å². The molecule has 0 amide bonds. The standard InChI is InChI=1S/C22H26ClNO5/c1-14(2)10-19(22(27)28)24-12-18(21(25)26)17-8-3-4-9-20(17)29-13-15-6-5-7-16(23)11-15/h3-9,11,14,18-19,24H,10,12-13H2,1-2H3,(H,25,26)(H,27,28). The lowest BCUT2D eigenvalue weighted by atomic mass is 9.96. The number of carboxylic acids is 2. The lowest BCUT2D eigenvalue weighted by Crippen LogP contribution is -2.41. The third-order valence-electron chi connectivity index (χ3n) is 4.45. The van der Waals surface area contributed by atoms with Gasteiger partial charge in [0.1, 0.15) is 18.4 Å². The van der Waals surface area contributed by atoms with Gasteiger partial charge >= 0.3 is 11.9 Å². The fourth-order valence-electron chi connectivity index (χ4n) is 3.02. The molecule has 0 saturated carbocycles. The maximum absolute atomic E-state index is 11.9.